The van der Waals surface area contributed by atoms with E-state index in [0.29, 0.717) is 5.13 Å². The van der Waals surface area contributed by atoms with Crippen LogP contribution in [0.15, 0.2) is 21.9 Å². The van der Waals surface area contributed by atoms with E-state index in [4.69, 9.17) is 5.73 Å². The van der Waals surface area contributed by atoms with Crippen LogP contribution >= 0.6 is 34.9 Å². The van der Waals surface area contributed by atoms with Crippen LogP contribution in [0.1, 0.15) is 0 Å². The van der Waals surface area contributed by atoms with Gasteiger partial charge in [-0.05, 0) is 12.1 Å². The molecule has 2 nitrogen and oxygen atoms in total. The molecule has 0 spiro atoms. The fourth-order valence-corrected chi connectivity index (χ4v) is 4.64. The summed E-state index contributed by atoms with van der Waals surface area (Å²) in [5, 5.41) is 1.77. The van der Waals surface area contributed by atoms with E-state index in [2.05, 4.69) is 17.1 Å². The van der Waals surface area contributed by atoms with E-state index in [9.17, 15) is 0 Å². The molecule has 0 aliphatic carbocycles. The molecule has 5 heteroatoms. The molecule has 2 heterocycles. The van der Waals surface area contributed by atoms with Gasteiger partial charge >= 0.3 is 0 Å². The van der Waals surface area contributed by atoms with Gasteiger partial charge in [0.15, 0.2) is 5.13 Å². The van der Waals surface area contributed by atoms with E-state index < -0.39 is 0 Å². The van der Waals surface area contributed by atoms with E-state index in [1.54, 1.807) is 11.3 Å². The van der Waals surface area contributed by atoms with Crippen molar-refractivity contribution in [1.82, 2.24) is 4.98 Å². The van der Waals surface area contributed by atoms with Crippen LogP contribution in [-0.2, 0) is 0 Å². The summed E-state index contributed by atoms with van der Waals surface area (Å²) in [7, 11) is 0. The largest absolute Gasteiger partial charge is 0.375 e. The fourth-order valence-electron chi connectivity index (χ4n) is 1.37. The molecular formula is C8H6N2S3. The predicted octanol–water partition coefficient (Wildman–Crippen LogP) is 3.03. The third-order valence-electron chi connectivity index (χ3n) is 1.91. The number of aromatic nitrogens is 1. The summed E-state index contributed by atoms with van der Waals surface area (Å²) >= 11 is 5.30. The SMILES string of the molecule is Nc1nc2c3c(ccc2s1)SCS3. The molecule has 1 aliphatic heterocycles. The molecule has 2 aromatic rings. The van der Waals surface area contributed by atoms with Crippen LogP contribution in [0.2, 0.25) is 0 Å². The highest BCUT2D eigenvalue weighted by atomic mass is 32.2. The number of hydrogen-bond donors (Lipinski definition) is 1. The third kappa shape index (κ3) is 1.14. The Balaban J connectivity index is 2.42. The summed E-state index contributed by atoms with van der Waals surface area (Å²) in [6, 6.07) is 4.28. The Morgan fingerprint density at radius 2 is 2.23 bits per heavy atom. The minimum atomic E-state index is 0.668. The molecule has 0 saturated carbocycles. The first-order valence-corrected chi connectivity index (χ1v) is 6.58. The number of hydrogen-bond acceptors (Lipinski definition) is 5. The molecule has 0 fully saturated rings. The topological polar surface area (TPSA) is 38.9 Å². The lowest BCUT2D eigenvalue weighted by Gasteiger charge is -1.95. The Kier molecular flexibility index (Phi) is 1.71. The van der Waals surface area contributed by atoms with E-state index >= 15 is 0 Å². The molecule has 0 saturated heterocycles. The first-order valence-electron chi connectivity index (χ1n) is 3.79. The maximum Gasteiger partial charge on any atom is 0.181 e. The molecular weight excluding hydrogens is 220 g/mol. The normalized spacial score (nSPS) is 15.1. The monoisotopic (exact) mass is 226 g/mol. The van der Waals surface area contributed by atoms with Gasteiger partial charge in [0.2, 0.25) is 0 Å². The molecule has 1 aromatic heterocycles. The van der Waals surface area contributed by atoms with Gasteiger partial charge in [-0.25, -0.2) is 4.98 Å². The summed E-state index contributed by atoms with van der Waals surface area (Å²) in [5.74, 6) is 0. The number of nitrogens with zero attached hydrogens (tertiary/aromatic N) is 1. The molecule has 0 amide bonds. The zero-order chi connectivity index (χ0) is 8.84. The van der Waals surface area contributed by atoms with Crippen LogP contribution in [0.5, 0.6) is 0 Å². The molecule has 0 radical (unpaired) electrons. The molecule has 0 unspecified atom stereocenters. The van der Waals surface area contributed by atoms with Gasteiger partial charge < -0.3 is 5.73 Å². The van der Waals surface area contributed by atoms with Gasteiger partial charge in [0, 0.05) is 14.9 Å². The van der Waals surface area contributed by atoms with Crippen molar-refractivity contribution >= 4 is 50.2 Å². The Morgan fingerprint density at radius 1 is 1.31 bits per heavy atom. The van der Waals surface area contributed by atoms with E-state index in [0.717, 1.165) is 10.6 Å². The molecule has 0 atom stereocenters. The van der Waals surface area contributed by atoms with Crippen LogP contribution in [0, 0.1) is 0 Å². The van der Waals surface area contributed by atoms with Crippen molar-refractivity contribution in [2.75, 3.05) is 10.8 Å². The maximum absolute atomic E-state index is 5.68. The second-order valence-electron chi connectivity index (χ2n) is 2.70. The average molecular weight is 226 g/mol. The summed E-state index contributed by atoms with van der Waals surface area (Å²) in [6.45, 7) is 0. The molecule has 2 N–H and O–H groups in total. The van der Waals surface area contributed by atoms with Gasteiger partial charge in [-0.1, -0.05) is 11.3 Å². The quantitative estimate of drug-likeness (QED) is 0.749. The highest BCUT2D eigenvalue weighted by Gasteiger charge is 2.17. The van der Waals surface area contributed by atoms with Crippen molar-refractivity contribution in [3.05, 3.63) is 12.1 Å². The number of rotatable bonds is 0. The first-order chi connectivity index (χ1) is 6.34. The Morgan fingerprint density at radius 3 is 3.15 bits per heavy atom. The standard InChI is InChI=1S/C8H6N2S3/c9-8-10-6-4(13-8)1-2-5-7(6)12-3-11-5/h1-2H,3H2,(H2,9,10). The average Bonchev–Trinajstić information content (AvgIpc) is 2.65. The van der Waals surface area contributed by atoms with Gasteiger partial charge in [-0.3, -0.25) is 0 Å². The minimum absolute atomic E-state index is 0.668. The fraction of sp³-hybridized carbons (Fsp3) is 0.125. The summed E-state index contributed by atoms with van der Waals surface area (Å²) < 4.78 is 1.20. The molecule has 0 bridgehead atoms. The zero-order valence-corrected chi connectivity index (χ0v) is 9.06. The maximum atomic E-state index is 5.68. The first kappa shape index (κ1) is 7.96. The lowest BCUT2D eigenvalue weighted by Crippen LogP contribution is -1.80. The molecule has 3 rings (SSSR count). The Bertz CT molecular complexity index is 477. The minimum Gasteiger partial charge on any atom is -0.375 e. The van der Waals surface area contributed by atoms with Crippen LogP contribution in [0.3, 0.4) is 0 Å². The van der Waals surface area contributed by atoms with Crippen molar-refractivity contribution in [3.8, 4) is 0 Å². The van der Waals surface area contributed by atoms with Crippen LogP contribution in [-0.4, -0.2) is 10.1 Å². The summed E-state index contributed by atoms with van der Waals surface area (Å²) in [4.78, 5) is 7.01. The highest BCUT2D eigenvalue weighted by Crippen LogP contribution is 2.46. The summed E-state index contributed by atoms with van der Waals surface area (Å²) in [5.41, 5.74) is 6.77. The van der Waals surface area contributed by atoms with Crippen molar-refractivity contribution in [3.63, 3.8) is 0 Å². The molecule has 13 heavy (non-hydrogen) atoms. The highest BCUT2D eigenvalue weighted by molar-refractivity contribution is 8.18. The van der Waals surface area contributed by atoms with Gasteiger partial charge in [-0.2, -0.15) is 0 Å². The van der Waals surface area contributed by atoms with Crippen molar-refractivity contribution < 1.29 is 0 Å². The van der Waals surface area contributed by atoms with Gasteiger partial charge in [0.05, 0.1) is 10.2 Å². The van der Waals surface area contributed by atoms with Gasteiger partial charge in [0.25, 0.3) is 0 Å². The second kappa shape index (κ2) is 2.80. The predicted molar refractivity (Wildman–Crippen MR) is 60.6 cm³/mol. The number of thiazole rings is 1. The van der Waals surface area contributed by atoms with Crippen LogP contribution in [0.4, 0.5) is 5.13 Å². The number of benzene rings is 1. The van der Waals surface area contributed by atoms with Crippen molar-refractivity contribution in [2.24, 2.45) is 0 Å². The van der Waals surface area contributed by atoms with Crippen molar-refractivity contribution in [2.45, 2.75) is 9.79 Å². The number of nitrogens with two attached hydrogens (primary N) is 1. The van der Waals surface area contributed by atoms with E-state index in [1.165, 1.54) is 14.5 Å². The summed E-state index contributed by atoms with van der Waals surface area (Å²) in [6.07, 6.45) is 0. The molecule has 66 valence electrons. The number of thioether (sulfide) groups is 2. The number of fused-ring (bicyclic) bond motifs is 3. The third-order valence-corrected chi connectivity index (χ3v) is 5.19. The van der Waals surface area contributed by atoms with Gasteiger partial charge in [-0.15, -0.1) is 23.5 Å². The number of anilines is 1. The number of nitrogen functional groups attached to an aromatic ring is 1. The Labute approximate surface area is 87.9 Å². The van der Waals surface area contributed by atoms with E-state index in [1.807, 2.05) is 23.5 Å². The van der Waals surface area contributed by atoms with Crippen LogP contribution < -0.4 is 5.73 Å². The molecule has 1 aliphatic rings. The lowest BCUT2D eigenvalue weighted by atomic mass is 10.3. The Hall–Kier alpha value is -0.390. The van der Waals surface area contributed by atoms with Crippen molar-refractivity contribution in [1.29, 1.82) is 0 Å². The smallest absolute Gasteiger partial charge is 0.181 e. The zero-order valence-electron chi connectivity index (χ0n) is 6.61. The molecule has 1 aromatic carbocycles. The second-order valence-corrected chi connectivity index (χ2v) is 6.13. The van der Waals surface area contributed by atoms with Crippen LogP contribution in [0.25, 0.3) is 10.2 Å². The lowest BCUT2D eigenvalue weighted by molar-refractivity contribution is 1.29. The van der Waals surface area contributed by atoms with Gasteiger partial charge in [0.1, 0.15) is 0 Å². The van der Waals surface area contributed by atoms with E-state index in [-0.39, 0.29) is 0 Å².